The Hall–Kier alpha value is -1.10. The van der Waals surface area contributed by atoms with Gasteiger partial charge in [0.25, 0.3) is 0 Å². The van der Waals surface area contributed by atoms with E-state index in [4.69, 9.17) is 0 Å². The molecule has 2 aromatic rings. The average molecular weight is 262 g/mol. The van der Waals surface area contributed by atoms with Crippen LogP contribution in [0, 0.1) is 0 Å². The second-order valence-corrected chi connectivity index (χ2v) is 6.12. The Kier molecular flexibility index (Phi) is 3.24. The number of phenols is 1. The molecule has 1 aromatic carbocycles. The Balaban J connectivity index is 1.77. The Morgan fingerprint density at radius 3 is 2.72 bits per heavy atom. The SMILES string of the molecule is CN1CCN(Cc2cc3cccc(O)c3s2)CC1. The van der Waals surface area contributed by atoms with Crippen molar-refractivity contribution in [1.82, 2.24) is 9.80 Å². The van der Waals surface area contributed by atoms with E-state index in [1.807, 2.05) is 6.07 Å². The fraction of sp³-hybridized carbons (Fsp3) is 0.429. The first-order chi connectivity index (χ1) is 8.72. The molecule has 0 spiro atoms. The number of hydrogen-bond acceptors (Lipinski definition) is 4. The lowest BCUT2D eigenvalue weighted by molar-refractivity contribution is 0.149. The number of fused-ring (bicyclic) bond motifs is 1. The molecular formula is C14H18N2OS. The van der Waals surface area contributed by atoms with Gasteiger partial charge in [-0.15, -0.1) is 11.3 Å². The fourth-order valence-corrected chi connectivity index (χ4v) is 3.52. The molecule has 0 amide bonds. The van der Waals surface area contributed by atoms with E-state index in [0.717, 1.165) is 42.8 Å². The van der Waals surface area contributed by atoms with Gasteiger partial charge in [0.15, 0.2) is 0 Å². The lowest BCUT2D eigenvalue weighted by Crippen LogP contribution is -2.43. The second-order valence-electron chi connectivity index (χ2n) is 4.99. The Labute approximate surface area is 111 Å². The van der Waals surface area contributed by atoms with Gasteiger partial charge < -0.3 is 10.0 Å². The van der Waals surface area contributed by atoms with Gasteiger partial charge in [-0.05, 0) is 24.6 Å². The molecule has 1 fully saturated rings. The van der Waals surface area contributed by atoms with Gasteiger partial charge in [0.2, 0.25) is 0 Å². The van der Waals surface area contributed by atoms with Gasteiger partial charge in [-0.25, -0.2) is 0 Å². The van der Waals surface area contributed by atoms with Gasteiger partial charge >= 0.3 is 0 Å². The summed E-state index contributed by atoms with van der Waals surface area (Å²) in [6.45, 7) is 5.58. The number of phenolic OH excluding ortho intramolecular Hbond substituents is 1. The van der Waals surface area contributed by atoms with Crippen LogP contribution in [0.3, 0.4) is 0 Å². The molecule has 1 aliphatic rings. The number of likely N-dealkylation sites (N-methyl/N-ethyl adjacent to an activating group) is 1. The first kappa shape index (κ1) is 12.0. The highest BCUT2D eigenvalue weighted by atomic mass is 32.1. The van der Waals surface area contributed by atoms with Gasteiger partial charge in [0, 0.05) is 37.6 Å². The van der Waals surface area contributed by atoms with Crippen LogP contribution in [-0.2, 0) is 6.54 Å². The molecule has 0 saturated carbocycles. The quantitative estimate of drug-likeness (QED) is 0.900. The third-order valence-electron chi connectivity index (χ3n) is 3.55. The summed E-state index contributed by atoms with van der Waals surface area (Å²) >= 11 is 1.71. The predicted molar refractivity (Wildman–Crippen MR) is 76.3 cm³/mol. The van der Waals surface area contributed by atoms with Crippen molar-refractivity contribution in [2.75, 3.05) is 33.2 Å². The molecule has 1 N–H and O–H groups in total. The van der Waals surface area contributed by atoms with Gasteiger partial charge in [-0.1, -0.05) is 12.1 Å². The number of piperazine rings is 1. The van der Waals surface area contributed by atoms with E-state index in [2.05, 4.69) is 29.0 Å². The van der Waals surface area contributed by atoms with Crippen LogP contribution in [0.5, 0.6) is 5.75 Å². The maximum Gasteiger partial charge on any atom is 0.133 e. The molecule has 0 radical (unpaired) electrons. The smallest absolute Gasteiger partial charge is 0.133 e. The van der Waals surface area contributed by atoms with Crippen molar-refractivity contribution >= 4 is 21.4 Å². The number of thiophene rings is 1. The Morgan fingerprint density at radius 1 is 1.22 bits per heavy atom. The zero-order chi connectivity index (χ0) is 12.5. The lowest BCUT2D eigenvalue weighted by Gasteiger charge is -2.31. The van der Waals surface area contributed by atoms with E-state index in [1.54, 1.807) is 17.4 Å². The third-order valence-corrected chi connectivity index (χ3v) is 4.71. The summed E-state index contributed by atoms with van der Waals surface area (Å²) in [5.41, 5.74) is 0. The summed E-state index contributed by atoms with van der Waals surface area (Å²) in [6.07, 6.45) is 0. The molecule has 0 unspecified atom stereocenters. The monoisotopic (exact) mass is 262 g/mol. The van der Waals surface area contributed by atoms with E-state index in [9.17, 15) is 5.11 Å². The molecule has 96 valence electrons. The summed E-state index contributed by atoms with van der Waals surface area (Å²) in [5, 5.41) is 11.0. The van der Waals surface area contributed by atoms with Crippen molar-refractivity contribution in [1.29, 1.82) is 0 Å². The van der Waals surface area contributed by atoms with E-state index in [-0.39, 0.29) is 0 Å². The maximum absolute atomic E-state index is 9.82. The first-order valence-electron chi connectivity index (χ1n) is 6.34. The first-order valence-corrected chi connectivity index (χ1v) is 7.15. The highest BCUT2D eigenvalue weighted by Crippen LogP contribution is 2.33. The molecule has 1 aliphatic heterocycles. The summed E-state index contributed by atoms with van der Waals surface area (Å²) in [4.78, 5) is 6.20. The standard InChI is InChI=1S/C14H18N2OS/c1-15-5-7-16(8-6-15)10-12-9-11-3-2-4-13(17)14(11)18-12/h2-4,9,17H,5-8,10H2,1H3. The molecule has 0 bridgehead atoms. The molecule has 4 heteroatoms. The van der Waals surface area contributed by atoms with E-state index >= 15 is 0 Å². The predicted octanol–water partition coefficient (Wildman–Crippen LogP) is 2.35. The van der Waals surface area contributed by atoms with E-state index in [1.165, 1.54) is 4.88 Å². The van der Waals surface area contributed by atoms with Crippen LogP contribution in [0.4, 0.5) is 0 Å². The fourth-order valence-electron chi connectivity index (χ4n) is 2.41. The minimum Gasteiger partial charge on any atom is -0.506 e. The van der Waals surface area contributed by atoms with Crippen molar-refractivity contribution < 1.29 is 5.11 Å². The number of rotatable bonds is 2. The number of hydrogen-bond donors (Lipinski definition) is 1. The summed E-state index contributed by atoms with van der Waals surface area (Å²) in [5.74, 6) is 0.405. The van der Waals surface area contributed by atoms with Crippen molar-refractivity contribution in [3.63, 3.8) is 0 Å². The van der Waals surface area contributed by atoms with Crippen molar-refractivity contribution in [2.24, 2.45) is 0 Å². The van der Waals surface area contributed by atoms with Crippen LogP contribution < -0.4 is 0 Å². The van der Waals surface area contributed by atoms with E-state index < -0.39 is 0 Å². The highest BCUT2D eigenvalue weighted by Gasteiger charge is 2.15. The van der Waals surface area contributed by atoms with Crippen LogP contribution in [0.25, 0.3) is 10.1 Å². The van der Waals surface area contributed by atoms with Gasteiger partial charge in [-0.2, -0.15) is 0 Å². The summed E-state index contributed by atoms with van der Waals surface area (Å²) in [6, 6.07) is 7.94. The molecular weight excluding hydrogens is 244 g/mol. The van der Waals surface area contributed by atoms with Crippen LogP contribution >= 0.6 is 11.3 Å². The van der Waals surface area contributed by atoms with Crippen LogP contribution in [0.1, 0.15) is 4.88 Å². The molecule has 0 aliphatic carbocycles. The van der Waals surface area contributed by atoms with Gasteiger partial charge in [0.05, 0.1) is 4.70 Å². The molecule has 1 saturated heterocycles. The largest absolute Gasteiger partial charge is 0.506 e. The zero-order valence-corrected chi connectivity index (χ0v) is 11.4. The Bertz CT molecular complexity index is 544. The minimum absolute atomic E-state index is 0.405. The zero-order valence-electron chi connectivity index (χ0n) is 10.6. The third kappa shape index (κ3) is 2.36. The van der Waals surface area contributed by atoms with Crippen LogP contribution in [-0.4, -0.2) is 48.1 Å². The molecule has 1 aromatic heterocycles. The minimum atomic E-state index is 0.405. The van der Waals surface area contributed by atoms with Crippen molar-refractivity contribution in [3.8, 4) is 5.75 Å². The molecule has 3 rings (SSSR count). The average Bonchev–Trinajstić information content (AvgIpc) is 2.76. The van der Waals surface area contributed by atoms with E-state index in [0.29, 0.717) is 5.75 Å². The molecule has 18 heavy (non-hydrogen) atoms. The Morgan fingerprint density at radius 2 is 2.00 bits per heavy atom. The number of benzene rings is 1. The molecule has 3 nitrogen and oxygen atoms in total. The highest BCUT2D eigenvalue weighted by molar-refractivity contribution is 7.19. The van der Waals surface area contributed by atoms with Crippen LogP contribution in [0.15, 0.2) is 24.3 Å². The number of nitrogens with zero attached hydrogens (tertiary/aromatic N) is 2. The van der Waals surface area contributed by atoms with Crippen molar-refractivity contribution in [2.45, 2.75) is 6.54 Å². The van der Waals surface area contributed by atoms with Crippen molar-refractivity contribution in [3.05, 3.63) is 29.1 Å². The van der Waals surface area contributed by atoms with Crippen LogP contribution in [0.2, 0.25) is 0 Å². The topological polar surface area (TPSA) is 26.7 Å². The molecule has 2 heterocycles. The lowest BCUT2D eigenvalue weighted by atomic mass is 10.2. The van der Waals surface area contributed by atoms with Gasteiger partial charge in [0.1, 0.15) is 5.75 Å². The summed E-state index contributed by atoms with van der Waals surface area (Å²) in [7, 11) is 2.18. The second kappa shape index (κ2) is 4.88. The molecule has 0 atom stereocenters. The maximum atomic E-state index is 9.82. The summed E-state index contributed by atoms with van der Waals surface area (Å²) < 4.78 is 1.02. The number of aromatic hydroxyl groups is 1. The van der Waals surface area contributed by atoms with Gasteiger partial charge in [-0.3, -0.25) is 4.90 Å². The normalized spacial score (nSPS) is 18.5.